The maximum atomic E-state index is 4.99. The van der Waals surface area contributed by atoms with E-state index in [4.69, 9.17) is 4.74 Å². The summed E-state index contributed by atoms with van der Waals surface area (Å²) in [6.07, 6.45) is 11.5. The van der Waals surface area contributed by atoms with Crippen molar-refractivity contribution in [2.45, 2.75) is 25.7 Å². The monoisotopic (exact) mass is 152 g/mol. The average Bonchev–Trinajstić information content (AvgIpc) is 2.07. The van der Waals surface area contributed by atoms with Gasteiger partial charge in [-0.15, -0.1) is 0 Å². The zero-order valence-corrected chi connectivity index (χ0v) is 7.18. The molecule has 0 heterocycles. The molecule has 0 aromatic rings. The first-order chi connectivity index (χ1) is 5.43. The van der Waals surface area contributed by atoms with Crippen LogP contribution in [0.2, 0.25) is 0 Å². The molecular formula is C10H16O. The van der Waals surface area contributed by atoms with Crippen molar-refractivity contribution in [3.63, 3.8) is 0 Å². The van der Waals surface area contributed by atoms with E-state index >= 15 is 0 Å². The van der Waals surface area contributed by atoms with E-state index in [1.54, 1.807) is 12.7 Å². The maximum absolute atomic E-state index is 4.99. The minimum Gasteiger partial charge on any atom is -0.385 e. The molecule has 0 atom stereocenters. The van der Waals surface area contributed by atoms with Gasteiger partial charge in [-0.2, -0.15) is 0 Å². The van der Waals surface area contributed by atoms with Gasteiger partial charge in [-0.1, -0.05) is 23.8 Å². The highest BCUT2D eigenvalue weighted by Gasteiger charge is 1.97. The van der Waals surface area contributed by atoms with Gasteiger partial charge >= 0.3 is 0 Å². The van der Waals surface area contributed by atoms with Crippen LogP contribution in [-0.4, -0.2) is 13.7 Å². The predicted molar refractivity (Wildman–Crippen MR) is 47.6 cm³/mol. The van der Waals surface area contributed by atoms with Crippen LogP contribution in [0.4, 0.5) is 0 Å². The molecule has 0 radical (unpaired) electrons. The molecule has 0 spiro atoms. The van der Waals surface area contributed by atoms with E-state index in [2.05, 4.69) is 18.2 Å². The lowest BCUT2D eigenvalue weighted by molar-refractivity contribution is 0.195. The third-order valence-electron chi connectivity index (χ3n) is 1.94. The van der Waals surface area contributed by atoms with Crippen molar-refractivity contribution in [1.82, 2.24) is 0 Å². The number of allylic oxidation sites excluding steroid dienone is 4. The van der Waals surface area contributed by atoms with E-state index in [-0.39, 0.29) is 0 Å². The van der Waals surface area contributed by atoms with Gasteiger partial charge in [0, 0.05) is 13.7 Å². The van der Waals surface area contributed by atoms with Crippen LogP contribution in [0.25, 0.3) is 0 Å². The summed E-state index contributed by atoms with van der Waals surface area (Å²) in [5.41, 5.74) is 1.57. The molecule has 1 rings (SSSR count). The standard InChI is InChI=1S/C10H16O/c1-11-9-5-8-10-6-3-2-4-7-10/h2-3,7H,4-6,8-9H2,1H3. The molecule has 0 aromatic carbocycles. The second-order valence-electron chi connectivity index (χ2n) is 2.87. The minimum absolute atomic E-state index is 0.890. The molecule has 0 aliphatic heterocycles. The van der Waals surface area contributed by atoms with Crippen LogP contribution in [0, 0.1) is 0 Å². The van der Waals surface area contributed by atoms with Crippen molar-refractivity contribution < 1.29 is 4.74 Å². The summed E-state index contributed by atoms with van der Waals surface area (Å²) in [6.45, 7) is 0.890. The lowest BCUT2D eigenvalue weighted by atomic mass is 10.0. The molecule has 0 fully saturated rings. The third-order valence-corrected chi connectivity index (χ3v) is 1.94. The van der Waals surface area contributed by atoms with Crippen LogP contribution in [0.5, 0.6) is 0 Å². The molecule has 0 amide bonds. The molecule has 1 aliphatic rings. The first-order valence-corrected chi connectivity index (χ1v) is 4.25. The van der Waals surface area contributed by atoms with Crippen LogP contribution in [0.1, 0.15) is 25.7 Å². The van der Waals surface area contributed by atoms with Crippen LogP contribution in [0.15, 0.2) is 23.8 Å². The SMILES string of the molecule is COCCCC1=CCC=CC1. The number of methoxy groups -OCH3 is 1. The van der Waals surface area contributed by atoms with Gasteiger partial charge in [0.1, 0.15) is 0 Å². The Morgan fingerprint density at radius 2 is 2.36 bits per heavy atom. The van der Waals surface area contributed by atoms with Gasteiger partial charge in [-0.3, -0.25) is 0 Å². The van der Waals surface area contributed by atoms with E-state index in [1.165, 1.54) is 6.42 Å². The molecule has 1 nitrogen and oxygen atoms in total. The van der Waals surface area contributed by atoms with Gasteiger partial charge in [0.05, 0.1) is 0 Å². The number of rotatable bonds is 4. The fourth-order valence-corrected chi connectivity index (χ4v) is 1.30. The third kappa shape index (κ3) is 3.38. The van der Waals surface area contributed by atoms with Crippen molar-refractivity contribution in [2.75, 3.05) is 13.7 Å². The Morgan fingerprint density at radius 1 is 1.45 bits per heavy atom. The molecule has 1 heteroatoms. The first-order valence-electron chi connectivity index (χ1n) is 4.25. The molecule has 11 heavy (non-hydrogen) atoms. The molecule has 0 saturated heterocycles. The minimum atomic E-state index is 0.890. The maximum Gasteiger partial charge on any atom is 0.0465 e. The van der Waals surface area contributed by atoms with E-state index in [1.807, 2.05) is 0 Å². The Kier molecular flexibility index (Phi) is 3.99. The van der Waals surface area contributed by atoms with Crippen molar-refractivity contribution in [3.05, 3.63) is 23.8 Å². The van der Waals surface area contributed by atoms with Crippen LogP contribution in [0.3, 0.4) is 0 Å². The fraction of sp³-hybridized carbons (Fsp3) is 0.600. The Hall–Kier alpha value is -0.560. The summed E-state index contributed by atoms with van der Waals surface area (Å²) in [5.74, 6) is 0. The summed E-state index contributed by atoms with van der Waals surface area (Å²) in [4.78, 5) is 0. The highest BCUT2D eigenvalue weighted by atomic mass is 16.5. The Balaban J connectivity index is 2.11. The van der Waals surface area contributed by atoms with E-state index < -0.39 is 0 Å². The van der Waals surface area contributed by atoms with Gasteiger partial charge in [0.2, 0.25) is 0 Å². The van der Waals surface area contributed by atoms with E-state index in [0.29, 0.717) is 0 Å². The molecule has 0 saturated carbocycles. The molecular weight excluding hydrogens is 136 g/mol. The Morgan fingerprint density at radius 3 is 3.00 bits per heavy atom. The highest BCUT2D eigenvalue weighted by molar-refractivity contribution is 5.14. The lowest BCUT2D eigenvalue weighted by Crippen LogP contribution is -1.92. The Labute approximate surface area is 68.8 Å². The normalized spacial score (nSPS) is 16.6. The van der Waals surface area contributed by atoms with Crippen LogP contribution < -0.4 is 0 Å². The number of ether oxygens (including phenoxy) is 1. The molecule has 0 aromatic heterocycles. The molecule has 0 N–H and O–H groups in total. The second-order valence-corrected chi connectivity index (χ2v) is 2.87. The molecule has 0 unspecified atom stereocenters. The fourth-order valence-electron chi connectivity index (χ4n) is 1.30. The number of hydrogen-bond donors (Lipinski definition) is 0. The van der Waals surface area contributed by atoms with Gasteiger partial charge in [0.25, 0.3) is 0 Å². The molecule has 1 aliphatic carbocycles. The first kappa shape index (κ1) is 8.54. The average molecular weight is 152 g/mol. The van der Waals surface area contributed by atoms with E-state index in [9.17, 15) is 0 Å². The van der Waals surface area contributed by atoms with Crippen LogP contribution >= 0.6 is 0 Å². The van der Waals surface area contributed by atoms with Gasteiger partial charge in [-0.25, -0.2) is 0 Å². The van der Waals surface area contributed by atoms with Gasteiger partial charge in [0.15, 0.2) is 0 Å². The van der Waals surface area contributed by atoms with Crippen LogP contribution in [-0.2, 0) is 4.74 Å². The largest absolute Gasteiger partial charge is 0.385 e. The predicted octanol–water partition coefficient (Wildman–Crippen LogP) is 2.69. The van der Waals surface area contributed by atoms with Gasteiger partial charge < -0.3 is 4.74 Å². The lowest BCUT2D eigenvalue weighted by Gasteiger charge is -2.07. The number of hydrogen-bond acceptors (Lipinski definition) is 1. The summed E-state index contributed by atoms with van der Waals surface area (Å²) >= 11 is 0. The zero-order valence-electron chi connectivity index (χ0n) is 7.18. The van der Waals surface area contributed by atoms with Crippen molar-refractivity contribution >= 4 is 0 Å². The topological polar surface area (TPSA) is 9.23 Å². The summed E-state index contributed by atoms with van der Waals surface area (Å²) in [6, 6.07) is 0. The Bertz CT molecular complexity index is 156. The van der Waals surface area contributed by atoms with Crippen molar-refractivity contribution in [3.8, 4) is 0 Å². The smallest absolute Gasteiger partial charge is 0.0465 e. The quantitative estimate of drug-likeness (QED) is 0.444. The van der Waals surface area contributed by atoms with Gasteiger partial charge in [-0.05, 0) is 25.7 Å². The molecule has 0 bridgehead atoms. The highest BCUT2D eigenvalue weighted by Crippen LogP contribution is 2.15. The van der Waals surface area contributed by atoms with E-state index in [0.717, 1.165) is 25.9 Å². The molecule has 62 valence electrons. The van der Waals surface area contributed by atoms with Crippen molar-refractivity contribution in [2.24, 2.45) is 0 Å². The summed E-state index contributed by atoms with van der Waals surface area (Å²) in [7, 11) is 1.76. The summed E-state index contributed by atoms with van der Waals surface area (Å²) in [5, 5.41) is 0. The zero-order chi connectivity index (χ0) is 7.94. The van der Waals surface area contributed by atoms with Crippen molar-refractivity contribution in [1.29, 1.82) is 0 Å². The summed E-state index contributed by atoms with van der Waals surface area (Å²) < 4.78 is 4.99. The second kappa shape index (κ2) is 5.14.